The lowest BCUT2D eigenvalue weighted by molar-refractivity contribution is 0.101. The van der Waals surface area contributed by atoms with E-state index in [-0.39, 0.29) is 5.78 Å². The van der Waals surface area contributed by atoms with Gasteiger partial charge in [-0.05, 0) is 0 Å². The quantitative estimate of drug-likeness (QED) is 0.662. The predicted molar refractivity (Wildman–Crippen MR) is 45.2 cm³/mol. The molecule has 1 heterocycles. The number of aromatic nitrogens is 1. The third kappa shape index (κ3) is 1.53. The number of nitrogens with zero attached hydrogens (tertiary/aromatic N) is 1. The molecule has 0 atom stereocenters. The number of hydrogen-bond acceptors (Lipinski definition) is 4. The van der Waals surface area contributed by atoms with Gasteiger partial charge < -0.3 is 10.5 Å². The second kappa shape index (κ2) is 3.21. The molecular formula is C8H10N2O2. The number of methoxy groups -OCH3 is 1. The van der Waals surface area contributed by atoms with Gasteiger partial charge in [0.05, 0.1) is 19.0 Å². The van der Waals surface area contributed by atoms with Gasteiger partial charge in [-0.1, -0.05) is 0 Å². The number of nitrogen functional groups attached to an aromatic ring is 1. The van der Waals surface area contributed by atoms with Gasteiger partial charge in [0.2, 0.25) is 0 Å². The van der Waals surface area contributed by atoms with E-state index in [0.717, 1.165) is 0 Å². The first kappa shape index (κ1) is 8.52. The van der Waals surface area contributed by atoms with Crippen molar-refractivity contribution in [2.75, 3.05) is 12.8 Å². The van der Waals surface area contributed by atoms with Crippen molar-refractivity contribution in [3.63, 3.8) is 0 Å². The van der Waals surface area contributed by atoms with E-state index < -0.39 is 0 Å². The highest BCUT2D eigenvalue weighted by Crippen LogP contribution is 2.18. The van der Waals surface area contributed by atoms with Crippen LogP contribution in [-0.2, 0) is 0 Å². The lowest BCUT2D eigenvalue weighted by Gasteiger charge is -2.04. The van der Waals surface area contributed by atoms with E-state index in [9.17, 15) is 4.79 Å². The van der Waals surface area contributed by atoms with E-state index in [4.69, 9.17) is 10.5 Å². The molecule has 0 fully saturated rings. The fraction of sp³-hybridized carbons (Fsp3) is 0.250. The van der Waals surface area contributed by atoms with E-state index in [0.29, 0.717) is 17.1 Å². The van der Waals surface area contributed by atoms with Crippen molar-refractivity contribution in [1.82, 2.24) is 4.98 Å². The van der Waals surface area contributed by atoms with Gasteiger partial charge in [-0.2, -0.15) is 0 Å². The highest BCUT2D eigenvalue weighted by Gasteiger charge is 2.08. The molecule has 64 valence electrons. The van der Waals surface area contributed by atoms with Gasteiger partial charge in [0, 0.05) is 13.0 Å². The molecule has 4 heteroatoms. The smallest absolute Gasteiger partial charge is 0.181 e. The van der Waals surface area contributed by atoms with Gasteiger partial charge in [0.25, 0.3) is 0 Å². The van der Waals surface area contributed by atoms with Gasteiger partial charge in [0.1, 0.15) is 11.4 Å². The van der Waals surface area contributed by atoms with E-state index in [1.807, 2.05) is 0 Å². The second-order valence-corrected chi connectivity index (χ2v) is 2.38. The summed E-state index contributed by atoms with van der Waals surface area (Å²) < 4.78 is 4.92. The maximum Gasteiger partial charge on any atom is 0.181 e. The van der Waals surface area contributed by atoms with Crippen molar-refractivity contribution in [3.05, 3.63) is 18.0 Å². The van der Waals surface area contributed by atoms with E-state index in [2.05, 4.69) is 4.98 Å². The number of anilines is 1. The molecule has 4 nitrogen and oxygen atoms in total. The molecule has 0 aromatic carbocycles. The molecule has 12 heavy (non-hydrogen) atoms. The van der Waals surface area contributed by atoms with Crippen LogP contribution < -0.4 is 10.5 Å². The number of ether oxygens (including phenoxy) is 1. The lowest BCUT2D eigenvalue weighted by atomic mass is 10.2. The molecule has 0 unspecified atom stereocenters. The molecule has 1 aromatic rings. The van der Waals surface area contributed by atoms with Crippen molar-refractivity contribution in [2.45, 2.75) is 6.92 Å². The summed E-state index contributed by atoms with van der Waals surface area (Å²) in [5.74, 6) is 0.286. The van der Waals surface area contributed by atoms with Gasteiger partial charge >= 0.3 is 0 Å². The minimum Gasteiger partial charge on any atom is -0.494 e. The lowest BCUT2D eigenvalue weighted by Crippen LogP contribution is -2.01. The van der Waals surface area contributed by atoms with E-state index >= 15 is 0 Å². The van der Waals surface area contributed by atoms with Crippen LogP contribution in [0.25, 0.3) is 0 Å². The molecule has 0 aliphatic carbocycles. The number of hydrogen-bond donors (Lipinski definition) is 1. The predicted octanol–water partition coefficient (Wildman–Crippen LogP) is 0.875. The van der Waals surface area contributed by atoms with Crippen molar-refractivity contribution in [2.24, 2.45) is 0 Å². The molecule has 0 aliphatic heterocycles. The molecule has 1 rings (SSSR count). The standard InChI is InChI=1S/C8H10N2O2/c1-5(11)8-7(12-2)3-6(9)4-10-8/h3-4H,9H2,1-2H3. The van der Waals surface area contributed by atoms with Gasteiger partial charge in [-0.25, -0.2) is 4.98 Å². The first-order chi connectivity index (χ1) is 5.65. The van der Waals surface area contributed by atoms with Gasteiger partial charge in [-0.15, -0.1) is 0 Å². The zero-order chi connectivity index (χ0) is 9.14. The fourth-order valence-electron chi connectivity index (χ4n) is 0.880. The maximum absolute atomic E-state index is 11.0. The first-order valence-electron chi connectivity index (χ1n) is 3.45. The molecule has 0 saturated heterocycles. The highest BCUT2D eigenvalue weighted by molar-refractivity contribution is 5.95. The fourth-order valence-corrected chi connectivity index (χ4v) is 0.880. The van der Waals surface area contributed by atoms with Crippen LogP contribution in [0.1, 0.15) is 17.4 Å². The van der Waals surface area contributed by atoms with E-state index in [1.54, 1.807) is 6.07 Å². The summed E-state index contributed by atoms with van der Waals surface area (Å²) in [7, 11) is 1.48. The minimum absolute atomic E-state index is 0.133. The Kier molecular flexibility index (Phi) is 2.28. The summed E-state index contributed by atoms with van der Waals surface area (Å²) in [6, 6.07) is 1.57. The number of rotatable bonds is 2. The molecule has 0 bridgehead atoms. The minimum atomic E-state index is -0.133. The average Bonchev–Trinajstić information content (AvgIpc) is 2.03. The molecule has 0 spiro atoms. The van der Waals surface area contributed by atoms with Crippen LogP contribution in [0.2, 0.25) is 0 Å². The van der Waals surface area contributed by atoms with Crippen molar-refractivity contribution in [1.29, 1.82) is 0 Å². The number of carbonyl (C=O) groups is 1. The van der Waals surface area contributed by atoms with Crippen LogP contribution in [0.15, 0.2) is 12.3 Å². The Morgan fingerprint density at radius 3 is 2.83 bits per heavy atom. The zero-order valence-corrected chi connectivity index (χ0v) is 7.00. The summed E-state index contributed by atoms with van der Waals surface area (Å²) in [4.78, 5) is 14.8. The summed E-state index contributed by atoms with van der Waals surface area (Å²) in [5.41, 5.74) is 6.24. The second-order valence-electron chi connectivity index (χ2n) is 2.38. The Labute approximate surface area is 70.4 Å². The number of pyridine rings is 1. The number of ketones is 1. The molecule has 0 aliphatic rings. The number of carbonyl (C=O) groups excluding carboxylic acids is 1. The van der Waals surface area contributed by atoms with Gasteiger partial charge in [-0.3, -0.25) is 4.79 Å². The van der Waals surface area contributed by atoms with Crippen LogP contribution in [0.4, 0.5) is 5.69 Å². The molecule has 1 aromatic heterocycles. The van der Waals surface area contributed by atoms with Crippen molar-refractivity contribution in [3.8, 4) is 5.75 Å². The Bertz CT molecular complexity index is 310. The molecule has 0 saturated carbocycles. The van der Waals surface area contributed by atoms with E-state index in [1.165, 1.54) is 20.2 Å². The first-order valence-corrected chi connectivity index (χ1v) is 3.45. The van der Waals surface area contributed by atoms with Crippen LogP contribution in [0, 0.1) is 0 Å². The van der Waals surface area contributed by atoms with Crippen LogP contribution in [0.5, 0.6) is 5.75 Å². The summed E-state index contributed by atoms with van der Waals surface area (Å²) in [6.07, 6.45) is 1.43. The largest absolute Gasteiger partial charge is 0.494 e. The monoisotopic (exact) mass is 166 g/mol. The Hall–Kier alpha value is -1.58. The average molecular weight is 166 g/mol. The third-order valence-electron chi connectivity index (χ3n) is 1.43. The normalized spacial score (nSPS) is 9.50. The Balaban J connectivity index is 3.20. The molecule has 2 N–H and O–H groups in total. The SMILES string of the molecule is COc1cc(N)cnc1C(C)=O. The third-order valence-corrected chi connectivity index (χ3v) is 1.43. The Morgan fingerprint density at radius 1 is 1.67 bits per heavy atom. The van der Waals surface area contributed by atoms with Crippen molar-refractivity contribution >= 4 is 11.5 Å². The molecule has 0 radical (unpaired) electrons. The number of Topliss-reactive ketones (excluding diaryl/α,β-unsaturated/α-hetero) is 1. The van der Waals surface area contributed by atoms with Crippen LogP contribution >= 0.6 is 0 Å². The zero-order valence-electron chi connectivity index (χ0n) is 7.00. The van der Waals surface area contributed by atoms with Crippen LogP contribution in [0.3, 0.4) is 0 Å². The van der Waals surface area contributed by atoms with Gasteiger partial charge in [0.15, 0.2) is 5.78 Å². The van der Waals surface area contributed by atoms with Crippen molar-refractivity contribution < 1.29 is 9.53 Å². The summed E-state index contributed by atoms with van der Waals surface area (Å²) in [6.45, 7) is 1.43. The molecule has 0 amide bonds. The Morgan fingerprint density at radius 2 is 2.33 bits per heavy atom. The topological polar surface area (TPSA) is 65.2 Å². The summed E-state index contributed by atoms with van der Waals surface area (Å²) >= 11 is 0. The maximum atomic E-state index is 11.0. The number of nitrogens with two attached hydrogens (primary N) is 1. The van der Waals surface area contributed by atoms with Crippen LogP contribution in [-0.4, -0.2) is 17.9 Å². The molecular weight excluding hydrogens is 156 g/mol. The highest BCUT2D eigenvalue weighted by atomic mass is 16.5. The summed E-state index contributed by atoms with van der Waals surface area (Å²) in [5, 5.41) is 0.